The molecule has 160 valence electrons. The Morgan fingerprint density at radius 3 is 2.33 bits per heavy atom. The second kappa shape index (κ2) is 10.6. The Kier molecular flexibility index (Phi) is 8.16. The van der Waals surface area contributed by atoms with Gasteiger partial charge in [0.1, 0.15) is 0 Å². The van der Waals surface area contributed by atoms with Gasteiger partial charge < -0.3 is 15.1 Å². The Morgan fingerprint density at radius 2 is 1.83 bits per heavy atom. The van der Waals surface area contributed by atoms with Gasteiger partial charge in [0.05, 0.1) is 5.70 Å². The fourth-order valence-electron chi connectivity index (χ4n) is 3.08. The molecular weight excluding hydrogens is 386 g/mol. The minimum Gasteiger partial charge on any atom is -0.353 e. The number of terminal acetylenes is 1. The minimum atomic E-state index is -2.88. The SMILES string of the molecule is C#CC(=O)N1CCN(C(=N\C=C/C)/C(=C/CC)Nc2ccc(C(C)(F)F)cc2)CC1. The standard InChI is InChI=1S/C23H28F2N4O/c1-5-8-20(27-19-11-9-18(10-12-19)23(4,24)25)22(26-13-6-2)29-16-14-28(15-17-29)21(30)7-3/h3,6,8-13,27H,5,14-17H2,1-2,4H3/b13-6-,20-8-,26-22-. The topological polar surface area (TPSA) is 47.9 Å². The van der Waals surface area contributed by atoms with Crippen LogP contribution in [0.5, 0.6) is 0 Å². The largest absolute Gasteiger partial charge is 0.353 e. The summed E-state index contributed by atoms with van der Waals surface area (Å²) in [6, 6.07) is 6.10. The second-order valence-electron chi connectivity index (χ2n) is 6.98. The molecule has 0 unspecified atom stereocenters. The third kappa shape index (κ3) is 6.18. The molecule has 1 aromatic carbocycles. The van der Waals surface area contributed by atoms with Crippen molar-refractivity contribution in [2.75, 3.05) is 31.5 Å². The molecule has 1 heterocycles. The highest BCUT2D eigenvalue weighted by Gasteiger charge is 2.25. The summed E-state index contributed by atoms with van der Waals surface area (Å²) in [6.45, 7) is 6.98. The Labute approximate surface area is 177 Å². The highest BCUT2D eigenvalue weighted by molar-refractivity contribution is 6.01. The van der Waals surface area contributed by atoms with E-state index in [0.29, 0.717) is 31.9 Å². The molecule has 1 aliphatic heterocycles. The molecule has 0 bridgehead atoms. The summed E-state index contributed by atoms with van der Waals surface area (Å²) in [5.74, 6) is -0.306. The average Bonchev–Trinajstić information content (AvgIpc) is 2.73. The molecule has 1 fully saturated rings. The summed E-state index contributed by atoms with van der Waals surface area (Å²) < 4.78 is 27.0. The molecular formula is C23H28F2N4O. The molecule has 7 heteroatoms. The number of carbonyl (C=O) groups is 1. The predicted molar refractivity (Wildman–Crippen MR) is 117 cm³/mol. The Balaban J connectivity index is 2.24. The van der Waals surface area contributed by atoms with Gasteiger partial charge in [-0.05, 0) is 31.4 Å². The summed E-state index contributed by atoms with van der Waals surface area (Å²) >= 11 is 0. The van der Waals surface area contributed by atoms with Gasteiger partial charge in [0.15, 0.2) is 5.84 Å². The molecule has 1 amide bonds. The Bertz CT molecular complexity index is 853. The maximum Gasteiger partial charge on any atom is 0.298 e. The first-order valence-corrected chi connectivity index (χ1v) is 9.95. The van der Waals surface area contributed by atoms with E-state index in [0.717, 1.165) is 24.9 Å². The van der Waals surface area contributed by atoms with E-state index in [1.54, 1.807) is 23.2 Å². The quantitative estimate of drug-likeness (QED) is 0.431. The molecule has 0 saturated carbocycles. The normalized spacial score (nSPS) is 16.0. The lowest BCUT2D eigenvalue weighted by Gasteiger charge is -2.36. The molecule has 1 aromatic rings. The lowest BCUT2D eigenvalue weighted by molar-refractivity contribution is -0.126. The summed E-state index contributed by atoms with van der Waals surface area (Å²) in [4.78, 5) is 20.1. The van der Waals surface area contributed by atoms with Crippen molar-refractivity contribution in [2.45, 2.75) is 33.1 Å². The van der Waals surface area contributed by atoms with Crippen molar-refractivity contribution >= 4 is 17.4 Å². The van der Waals surface area contributed by atoms with Crippen LogP contribution >= 0.6 is 0 Å². The zero-order valence-corrected chi connectivity index (χ0v) is 17.7. The monoisotopic (exact) mass is 414 g/mol. The van der Waals surface area contributed by atoms with E-state index in [1.165, 1.54) is 12.1 Å². The molecule has 0 spiro atoms. The lowest BCUT2D eigenvalue weighted by Crippen LogP contribution is -2.51. The fourth-order valence-corrected chi connectivity index (χ4v) is 3.08. The van der Waals surface area contributed by atoms with E-state index >= 15 is 0 Å². The van der Waals surface area contributed by atoms with Crippen LogP contribution in [0.15, 0.2) is 53.3 Å². The average molecular weight is 415 g/mol. The molecule has 1 aliphatic rings. The minimum absolute atomic E-state index is 0.0359. The number of hydrogen-bond acceptors (Lipinski definition) is 3. The molecule has 30 heavy (non-hydrogen) atoms. The molecule has 5 nitrogen and oxygen atoms in total. The van der Waals surface area contributed by atoms with Crippen LogP contribution in [-0.2, 0) is 10.7 Å². The smallest absolute Gasteiger partial charge is 0.298 e. The number of allylic oxidation sites excluding steroid dienone is 2. The van der Waals surface area contributed by atoms with Crippen LogP contribution in [0.3, 0.4) is 0 Å². The number of alkyl halides is 2. The number of piperazine rings is 1. The van der Waals surface area contributed by atoms with E-state index in [9.17, 15) is 13.6 Å². The number of nitrogens with one attached hydrogen (secondary N) is 1. The van der Waals surface area contributed by atoms with Crippen LogP contribution in [0.25, 0.3) is 0 Å². The van der Waals surface area contributed by atoms with Gasteiger partial charge in [0.2, 0.25) is 0 Å². The van der Waals surface area contributed by atoms with Crippen LogP contribution in [0.1, 0.15) is 32.8 Å². The molecule has 0 radical (unpaired) electrons. The van der Waals surface area contributed by atoms with E-state index in [1.807, 2.05) is 26.0 Å². The summed E-state index contributed by atoms with van der Waals surface area (Å²) in [5.41, 5.74) is 1.44. The number of anilines is 1. The first-order valence-electron chi connectivity index (χ1n) is 9.95. The van der Waals surface area contributed by atoms with Gasteiger partial charge in [0.25, 0.3) is 11.8 Å². The number of benzene rings is 1. The van der Waals surface area contributed by atoms with Gasteiger partial charge in [-0.1, -0.05) is 31.2 Å². The maximum absolute atomic E-state index is 13.5. The molecule has 1 N–H and O–H groups in total. The first kappa shape index (κ1) is 23.1. The van der Waals surface area contributed by atoms with Gasteiger partial charge in [-0.15, -0.1) is 6.42 Å². The van der Waals surface area contributed by atoms with Gasteiger partial charge in [-0.2, -0.15) is 0 Å². The number of carbonyl (C=O) groups excluding carboxylic acids is 1. The Hall–Kier alpha value is -3.14. The van der Waals surface area contributed by atoms with Crippen molar-refractivity contribution in [3.05, 3.63) is 53.9 Å². The fraction of sp³-hybridized carbons (Fsp3) is 0.391. The number of amides is 1. The third-order valence-corrected chi connectivity index (χ3v) is 4.66. The van der Waals surface area contributed by atoms with Crippen molar-refractivity contribution in [1.29, 1.82) is 0 Å². The van der Waals surface area contributed by atoms with Crippen LogP contribution in [-0.4, -0.2) is 47.7 Å². The van der Waals surface area contributed by atoms with Gasteiger partial charge in [0, 0.05) is 50.6 Å². The van der Waals surface area contributed by atoms with Crippen molar-refractivity contribution in [3.8, 4) is 12.3 Å². The van der Waals surface area contributed by atoms with Crippen molar-refractivity contribution in [1.82, 2.24) is 9.80 Å². The highest BCUT2D eigenvalue weighted by Crippen LogP contribution is 2.28. The third-order valence-electron chi connectivity index (χ3n) is 4.66. The number of hydrogen-bond donors (Lipinski definition) is 1. The van der Waals surface area contributed by atoms with Gasteiger partial charge >= 0.3 is 0 Å². The zero-order valence-electron chi connectivity index (χ0n) is 17.7. The lowest BCUT2D eigenvalue weighted by atomic mass is 10.1. The van der Waals surface area contributed by atoms with E-state index in [-0.39, 0.29) is 11.5 Å². The number of rotatable bonds is 6. The highest BCUT2D eigenvalue weighted by atomic mass is 19.3. The van der Waals surface area contributed by atoms with E-state index < -0.39 is 5.92 Å². The van der Waals surface area contributed by atoms with Crippen molar-refractivity contribution < 1.29 is 13.6 Å². The molecule has 1 saturated heterocycles. The van der Waals surface area contributed by atoms with Crippen molar-refractivity contribution in [3.63, 3.8) is 0 Å². The van der Waals surface area contributed by atoms with Gasteiger partial charge in [-0.25, -0.2) is 13.8 Å². The number of amidine groups is 1. The number of halogens is 2. The molecule has 0 atom stereocenters. The zero-order chi connectivity index (χ0) is 22.1. The number of aliphatic imine (C=N–C) groups is 1. The van der Waals surface area contributed by atoms with Crippen LogP contribution in [0.2, 0.25) is 0 Å². The van der Waals surface area contributed by atoms with E-state index in [2.05, 4.69) is 21.1 Å². The number of nitrogens with zero attached hydrogens (tertiary/aromatic N) is 3. The Morgan fingerprint density at radius 1 is 1.23 bits per heavy atom. The summed E-state index contributed by atoms with van der Waals surface area (Å²) in [6.07, 6.45) is 11.5. The second-order valence-corrected chi connectivity index (χ2v) is 6.98. The molecule has 0 aliphatic carbocycles. The first-order chi connectivity index (χ1) is 14.3. The predicted octanol–water partition coefficient (Wildman–Crippen LogP) is 4.21. The summed E-state index contributed by atoms with van der Waals surface area (Å²) in [5, 5.41) is 3.31. The molecule has 0 aromatic heterocycles. The van der Waals surface area contributed by atoms with E-state index in [4.69, 9.17) is 6.42 Å². The van der Waals surface area contributed by atoms with Crippen LogP contribution in [0.4, 0.5) is 14.5 Å². The van der Waals surface area contributed by atoms with Gasteiger partial charge in [-0.3, -0.25) is 4.79 Å². The van der Waals surface area contributed by atoms with Crippen LogP contribution in [0, 0.1) is 12.3 Å². The molecule has 2 rings (SSSR count). The van der Waals surface area contributed by atoms with Crippen LogP contribution < -0.4 is 5.32 Å². The van der Waals surface area contributed by atoms with Crippen molar-refractivity contribution in [2.24, 2.45) is 4.99 Å². The maximum atomic E-state index is 13.5. The summed E-state index contributed by atoms with van der Waals surface area (Å²) in [7, 11) is 0.